The maximum atomic E-state index is 12.5. The molecule has 0 fully saturated rings. The maximum Gasteiger partial charge on any atom is 0.251 e. The van der Waals surface area contributed by atoms with E-state index in [0.29, 0.717) is 23.6 Å². The number of hydrogen-bond donors (Lipinski definition) is 1. The number of imidazole rings is 1. The van der Waals surface area contributed by atoms with E-state index in [9.17, 15) is 4.79 Å². The number of aryl methyl sites for hydroxylation is 1. The van der Waals surface area contributed by atoms with Crippen molar-refractivity contribution < 1.29 is 4.79 Å². The number of carbonyl (C=O) groups excluding carboxylic acids is 1. The van der Waals surface area contributed by atoms with Crippen LogP contribution in [-0.2, 0) is 13.0 Å². The van der Waals surface area contributed by atoms with Crippen LogP contribution in [0.3, 0.4) is 0 Å². The van der Waals surface area contributed by atoms with Gasteiger partial charge in [0.2, 0.25) is 0 Å². The van der Waals surface area contributed by atoms with Gasteiger partial charge in [0.15, 0.2) is 0 Å². The zero-order valence-electron chi connectivity index (χ0n) is 15.5. The Morgan fingerprint density at radius 3 is 2.68 bits per heavy atom. The molecule has 0 atom stereocenters. The van der Waals surface area contributed by atoms with Gasteiger partial charge in [-0.05, 0) is 42.3 Å². The van der Waals surface area contributed by atoms with Gasteiger partial charge in [0.25, 0.3) is 5.91 Å². The fourth-order valence-corrected chi connectivity index (χ4v) is 3.32. The molecular formula is C23H20ClN3O. The van der Waals surface area contributed by atoms with Gasteiger partial charge in [0.1, 0.15) is 5.65 Å². The van der Waals surface area contributed by atoms with Gasteiger partial charge in [-0.3, -0.25) is 4.79 Å². The van der Waals surface area contributed by atoms with E-state index >= 15 is 0 Å². The maximum absolute atomic E-state index is 12.5. The number of pyridine rings is 1. The van der Waals surface area contributed by atoms with Gasteiger partial charge in [-0.15, -0.1) is 0 Å². The summed E-state index contributed by atoms with van der Waals surface area (Å²) in [5.74, 6) is -0.109. The minimum atomic E-state index is -0.109. The molecule has 0 aliphatic rings. The molecule has 2 aromatic heterocycles. The molecule has 2 heterocycles. The molecule has 4 aromatic rings. The molecule has 0 spiro atoms. The zero-order chi connectivity index (χ0) is 19.5. The Morgan fingerprint density at radius 2 is 1.89 bits per heavy atom. The summed E-state index contributed by atoms with van der Waals surface area (Å²) in [7, 11) is 0. The average Bonchev–Trinajstić information content (AvgIpc) is 3.08. The molecule has 0 saturated heterocycles. The number of nitrogens with one attached hydrogen (secondary N) is 1. The molecule has 2 aromatic carbocycles. The standard InChI is InChI=1S/C23H20ClN3O/c1-16-5-7-17(8-6-16)14-25-23(28)19-9-10-27-15-21(26-22(27)13-19)12-18-3-2-4-20(24)11-18/h2-11,13,15H,12,14H2,1H3,(H,25,28). The number of amides is 1. The number of rotatable bonds is 5. The molecule has 0 saturated carbocycles. The van der Waals surface area contributed by atoms with Crippen molar-refractivity contribution >= 4 is 23.2 Å². The predicted molar refractivity (Wildman–Crippen MR) is 112 cm³/mol. The van der Waals surface area contributed by atoms with Crippen molar-refractivity contribution in [3.63, 3.8) is 0 Å². The van der Waals surface area contributed by atoms with Crippen molar-refractivity contribution in [1.29, 1.82) is 0 Å². The highest BCUT2D eigenvalue weighted by Gasteiger charge is 2.09. The first-order valence-electron chi connectivity index (χ1n) is 9.13. The molecule has 5 heteroatoms. The summed E-state index contributed by atoms with van der Waals surface area (Å²) >= 11 is 6.06. The second-order valence-corrected chi connectivity index (χ2v) is 7.32. The lowest BCUT2D eigenvalue weighted by molar-refractivity contribution is 0.0951. The molecule has 4 rings (SSSR count). The Bertz CT molecular complexity index is 1130. The van der Waals surface area contributed by atoms with Gasteiger partial charge in [0.05, 0.1) is 5.69 Å². The second kappa shape index (κ2) is 7.87. The smallest absolute Gasteiger partial charge is 0.251 e. The van der Waals surface area contributed by atoms with Crippen molar-refractivity contribution in [3.05, 3.63) is 106 Å². The molecule has 0 aliphatic heterocycles. The van der Waals surface area contributed by atoms with E-state index in [4.69, 9.17) is 11.6 Å². The Morgan fingerprint density at radius 1 is 1.07 bits per heavy atom. The van der Waals surface area contributed by atoms with Crippen LogP contribution in [0.5, 0.6) is 0 Å². The molecule has 0 radical (unpaired) electrons. The lowest BCUT2D eigenvalue weighted by Crippen LogP contribution is -2.22. The molecule has 140 valence electrons. The Kier molecular flexibility index (Phi) is 5.13. The lowest BCUT2D eigenvalue weighted by atomic mass is 10.1. The zero-order valence-corrected chi connectivity index (χ0v) is 16.3. The number of benzene rings is 2. The SMILES string of the molecule is Cc1ccc(CNC(=O)c2ccn3cc(Cc4cccc(Cl)c4)nc3c2)cc1. The fraction of sp³-hybridized carbons (Fsp3) is 0.130. The Hall–Kier alpha value is -3.11. The summed E-state index contributed by atoms with van der Waals surface area (Å²) in [4.78, 5) is 17.1. The lowest BCUT2D eigenvalue weighted by Gasteiger charge is -2.06. The molecule has 1 amide bonds. The number of carbonyl (C=O) groups is 1. The minimum absolute atomic E-state index is 0.109. The molecule has 4 nitrogen and oxygen atoms in total. The summed E-state index contributed by atoms with van der Waals surface area (Å²) in [6.07, 6.45) is 4.53. The van der Waals surface area contributed by atoms with Gasteiger partial charge in [0, 0.05) is 35.9 Å². The van der Waals surface area contributed by atoms with Crippen LogP contribution in [-0.4, -0.2) is 15.3 Å². The van der Waals surface area contributed by atoms with Gasteiger partial charge >= 0.3 is 0 Å². The van der Waals surface area contributed by atoms with E-state index < -0.39 is 0 Å². The van der Waals surface area contributed by atoms with E-state index in [0.717, 1.165) is 22.5 Å². The van der Waals surface area contributed by atoms with Crippen LogP contribution in [0.25, 0.3) is 5.65 Å². The van der Waals surface area contributed by atoms with E-state index in [1.165, 1.54) is 5.56 Å². The highest BCUT2D eigenvalue weighted by molar-refractivity contribution is 6.30. The number of hydrogen-bond acceptors (Lipinski definition) is 2. The highest BCUT2D eigenvalue weighted by atomic mass is 35.5. The summed E-state index contributed by atoms with van der Waals surface area (Å²) < 4.78 is 1.93. The van der Waals surface area contributed by atoms with Crippen molar-refractivity contribution in [2.24, 2.45) is 0 Å². The average molecular weight is 390 g/mol. The summed E-state index contributed by atoms with van der Waals surface area (Å²) in [5.41, 5.74) is 5.66. The quantitative estimate of drug-likeness (QED) is 0.532. The third-order valence-electron chi connectivity index (χ3n) is 4.62. The largest absolute Gasteiger partial charge is 0.348 e. The molecule has 0 aliphatic carbocycles. The summed E-state index contributed by atoms with van der Waals surface area (Å²) in [6.45, 7) is 2.54. The number of fused-ring (bicyclic) bond motifs is 1. The Balaban J connectivity index is 1.47. The first kappa shape index (κ1) is 18.3. The van der Waals surface area contributed by atoms with Crippen LogP contribution in [0, 0.1) is 6.92 Å². The summed E-state index contributed by atoms with van der Waals surface area (Å²) in [5, 5.41) is 3.68. The monoisotopic (exact) mass is 389 g/mol. The van der Waals surface area contributed by atoms with Gasteiger partial charge in [-0.1, -0.05) is 53.6 Å². The van der Waals surface area contributed by atoms with Crippen LogP contribution in [0.4, 0.5) is 0 Å². The molecule has 0 bridgehead atoms. The fourth-order valence-electron chi connectivity index (χ4n) is 3.11. The number of nitrogens with zero attached hydrogens (tertiary/aromatic N) is 2. The molecule has 0 unspecified atom stereocenters. The van der Waals surface area contributed by atoms with Gasteiger partial charge < -0.3 is 9.72 Å². The highest BCUT2D eigenvalue weighted by Crippen LogP contribution is 2.16. The summed E-state index contributed by atoms with van der Waals surface area (Å²) in [6, 6.07) is 19.5. The first-order chi connectivity index (χ1) is 13.6. The first-order valence-corrected chi connectivity index (χ1v) is 9.50. The van der Waals surface area contributed by atoms with Crippen LogP contribution < -0.4 is 5.32 Å². The van der Waals surface area contributed by atoms with Crippen LogP contribution in [0.2, 0.25) is 5.02 Å². The predicted octanol–water partition coefficient (Wildman–Crippen LogP) is 4.82. The van der Waals surface area contributed by atoms with Crippen LogP contribution >= 0.6 is 11.6 Å². The molecule has 28 heavy (non-hydrogen) atoms. The molecular weight excluding hydrogens is 370 g/mol. The van der Waals surface area contributed by atoms with Gasteiger partial charge in [-0.25, -0.2) is 4.98 Å². The van der Waals surface area contributed by atoms with E-state index in [1.54, 1.807) is 0 Å². The van der Waals surface area contributed by atoms with Crippen molar-refractivity contribution in [1.82, 2.24) is 14.7 Å². The van der Waals surface area contributed by atoms with Gasteiger partial charge in [-0.2, -0.15) is 0 Å². The number of aromatic nitrogens is 2. The third-order valence-corrected chi connectivity index (χ3v) is 4.86. The van der Waals surface area contributed by atoms with Crippen molar-refractivity contribution in [3.8, 4) is 0 Å². The van der Waals surface area contributed by atoms with E-state index in [-0.39, 0.29) is 5.91 Å². The normalized spacial score (nSPS) is 10.9. The Labute approximate surface area is 168 Å². The third kappa shape index (κ3) is 4.24. The minimum Gasteiger partial charge on any atom is -0.348 e. The van der Waals surface area contributed by atoms with Crippen LogP contribution in [0.15, 0.2) is 73.1 Å². The van der Waals surface area contributed by atoms with E-state index in [1.807, 2.05) is 84.4 Å². The second-order valence-electron chi connectivity index (χ2n) is 6.89. The van der Waals surface area contributed by atoms with Crippen LogP contribution in [0.1, 0.15) is 32.7 Å². The molecule has 1 N–H and O–H groups in total. The topological polar surface area (TPSA) is 46.4 Å². The number of halogens is 1. The van der Waals surface area contributed by atoms with E-state index in [2.05, 4.69) is 10.3 Å². The van der Waals surface area contributed by atoms with Crippen molar-refractivity contribution in [2.75, 3.05) is 0 Å². The van der Waals surface area contributed by atoms with Crippen molar-refractivity contribution in [2.45, 2.75) is 19.9 Å².